The molecule has 0 radical (unpaired) electrons. The van der Waals surface area contributed by atoms with Crippen molar-refractivity contribution in [2.24, 2.45) is 11.3 Å². The second-order valence-corrected chi connectivity index (χ2v) is 4.23. The van der Waals surface area contributed by atoms with Crippen LogP contribution in [-0.2, 0) is 0 Å². The van der Waals surface area contributed by atoms with E-state index < -0.39 is 5.60 Å². The smallest absolute Gasteiger partial charge is 0.0955 e. The summed E-state index contributed by atoms with van der Waals surface area (Å²) in [4.78, 5) is 0. The second-order valence-electron chi connectivity index (χ2n) is 4.23. The van der Waals surface area contributed by atoms with Gasteiger partial charge in [-0.3, -0.25) is 0 Å². The van der Waals surface area contributed by atoms with Crippen molar-refractivity contribution in [3.8, 4) is 0 Å². The van der Waals surface area contributed by atoms with Gasteiger partial charge in [-0.05, 0) is 25.2 Å². The molecule has 0 aromatic heterocycles. The van der Waals surface area contributed by atoms with Gasteiger partial charge in [0.05, 0.1) is 5.60 Å². The van der Waals surface area contributed by atoms with Crippen molar-refractivity contribution in [3.63, 3.8) is 0 Å². The first-order chi connectivity index (χ1) is 6.16. The topological polar surface area (TPSA) is 20.2 Å². The largest absolute Gasteiger partial charge is 0.385 e. The van der Waals surface area contributed by atoms with Crippen molar-refractivity contribution < 1.29 is 5.11 Å². The molecular formula is C12H16O. The number of fused-ring (bicyclic) bond motifs is 2. The lowest BCUT2D eigenvalue weighted by molar-refractivity contribution is -0.0446. The van der Waals surface area contributed by atoms with Gasteiger partial charge in [-0.1, -0.05) is 24.3 Å². The van der Waals surface area contributed by atoms with E-state index in [1.165, 1.54) is 6.42 Å². The van der Waals surface area contributed by atoms with E-state index in [0.29, 0.717) is 5.92 Å². The third-order valence-electron chi connectivity index (χ3n) is 3.68. The molecule has 70 valence electrons. The molecule has 0 aliphatic heterocycles. The Kier molecular flexibility index (Phi) is 1.74. The predicted molar refractivity (Wildman–Crippen MR) is 54.3 cm³/mol. The first-order valence-electron chi connectivity index (χ1n) is 4.85. The maximum absolute atomic E-state index is 10.4. The molecule has 1 fully saturated rings. The molecule has 0 amide bonds. The lowest BCUT2D eigenvalue weighted by atomic mass is 9.56. The molecule has 0 saturated heterocycles. The van der Waals surface area contributed by atoms with Crippen LogP contribution < -0.4 is 0 Å². The van der Waals surface area contributed by atoms with Crippen LogP contribution in [0.1, 0.15) is 19.3 Å². The average Bonchev–Trinajstić information content (AvgIpc) is 2.19. The Morgan fingerprint density at radius 2 is 2.15 bits per heavy atom. The number of hydrogen-bond donors (Lipinski definition) is 1. The summed E-state index contributed by atoms with van der Waals surface area (Å²) < 4.78 is 0. The Bertz CT molecular complexity index is 279. The van der Waals surface area contributed by atoms with Gasteiger partial charge in [-0.25, -0.2) is 0 Å². The first kappa shape index (κ1) is 8.76. The minimum absolute atomic E-state index is 0.247. The van der Waals surface area contributed by atoms with Crippen LogP contribution in [-0.4, -0.2) is 10.7 Å². The second kappa shape index (κ2) is 2.58. The van der Waals surface area contributed by atoms with Crippen LogP contribution in [0.5, 0.6) is 0 Å². The number of allylic oxidation sites excluding steroid dienone is 1. The molecule has 0 unspecified atom stereocenters. The minimum atomic E-state index is -0.758. The van der Waals surface area contributed by atoms with Crippen LogP contribution in [0.15, 0.2) is 37.5 Å². The van der Waals surface area contributed by atoms with E-state index in [9.17, 15) is 5.11 Å². The summed E-state index contributed by atoms with van der Waals surface area (Å²) in [7, 11) is 0. The van der Waals surface area contributed by atoms with Gasteiger partial charge in [0.15, 0.2) is 0 Å². The van der Waals surface area contributed by atoms with E-state index in [2.05, 4.69) is 25.3 Å². The third kappa shape index (κ3) is 0.969. The summed E-state index contributed by atoms with van der Waals surface area (Å²) in [6.45, 7) is 7.57. The van der Waals surface area contributed by atoms with E-state index in [0.717, 1.165) is 12.8 Å². The molecule has 0 aromatic carbocycles. The highest BCUT2D eigenvalue weighted by Gasteiger charge is 2.51. The summed E-state index contributed by atoms with van der Waals surface area (Å²) in [6.07, 6.45) is 10.9. The van der Waals surface area contributed by atoms with Crippen molar-refractivity contribution in [2.75, 3.05) is 0 Å². The van der Waals surface area contributed by atoms with Crippen molar-refractivity contribution in [2.45, 2.75) is 24.9 Å². The molecular weight excluding hydrogens is 160 g/mol. The summed E-state index contributed by atoms with van der Waals surface area (Å²) in [5.41, 5.74) is -1.00. The summed E-state index contributed by atoms with van der Waals surface area (Å²) in [6, 6.07) is 0. The zero-order valence-corrected chi connectivity index (χ0v) is 7.87. The van der Waals surface area contributed by atoms with Crippen LogP contribution >= 0.6 is 0 Å². The molecule has 1 N–H and O–H groups in total. The number of hydrogen-bond acceptors (Lipinski definition) is 1. The Morgan fingerprint density at radius 1 is 1.38 bits per heavy atom. The molecule has 3 aliphatic carbocycles. The lowest BCUT2D eigenvalue weighted by Crippen LogP contribution is -2.51. The van der Waals surface area contributed by atoms with E-state index in [4.69, 9.17) is 0 Å². The molecule has 0 spiro atoms. The number of aliphatic hydroxyl groups is 1. The highest BCUT2D eigenvalue weighted by molar-refractivity contribution is 5.30. The molecule has 3 rings (SSSR count). The van der Waals surface area contributed by atoms with Gasteiger partial charge in [-0.15, -0.1) is 13.2 Å². The summed E-state index contributed by atoms with van der Waals surface area (Å²) in [5.74, 6) is 0.532. The monoisotopic (exact) mass is 176 g/mol. The Balaban J connectivity index is 2.48. The Labute approximate surface area is 79.5 Å². The maximum Gasteiger partial charge on any atom is 0.0955 e. The zero-order valence-electron chi connectivity index (χ0n) is 7.87. The third-order valence-corrected chi connectivity index (χ3v) is 3.68. The maximum atomic E-state index is 10.4. The van der Waals surface area contributed by atoms with Gasteiger partial charge < -0.3 is 5.11 Å². The van der Waals surface area contributed by atoms with Gasteiger partial charge in [-0.2, -0.15) is 0 Å². The molecule has 13 heavy (non-hydrogen) atoms. The quantitative estimate of drug-likeness (QED) is 0.641. The Morgan fingerprint density at radius 3 is 2.54 bits per heavy atom. The summed E-state index contributed by atoms with van der Waals surface area (Å²) >= 11 is 0. The predicted octanol–water partition coefficient (Wildman–Crippen LogP) is 2.45. The fraction of sp³-hybridized carbons (Fsp3) is 0.500. The molecule has 1 saturated carbocycles. The normalized spacial score (nSPS) is 47.6. The van der Waals surface area contributed by atoms with Gasteiger partial charge >= 0.3 is 0 Å². The van der Waals surface area contributed by atoms with Crippen molar-refractivity contribution >= 4 is 0 Å². The molecule has 3 aliphatic rings. The highest BCUT2D eigenvalue weighted by Crippen LogP contribution is 2.53. The number of rotatable bonds is 2. The van der Waals surface area contributed by atoms with E-state index in [1.54, 1.807) is 6.08 Å². The van der Waals surface area contributed by atoms with Gasteiger partial charge in [0.1, 0.15) is 0 Å². The SMILES string of the molecule is C=C[C@]12C=C[C@H](CC1)C[C@@]2(O)C=C. The first-order valence-corrected chi connectivity index (χ1v) is 4.85. The fourth-order valence-electron chi connectivity index (χ4n) is 2.65. The van der Waals surface area contributed by atoms with E-state index >= 15 is 0 Å². The van der Waals surface area contributed by atoms with Crippen LogP contribution in [0.25, 0.3) is 0 Å². The van der Waals surface area contributed by atoms with Crippen LogP contribution in [0, 0.1) is 11.3 Å². The van der Waals surface area contributed by atoms with Gasteiger partial charge in [0, 0.05) is 5.41 Å². The van der Waals surface area contributed by atoms with Crippen LogP contribution in [0.2, 0.25) is 0 Å². The van der Waals surface area contributed by atoms with Gasteiger partial charge in [0.25, 0.3) is 0 Å². The molecule has 3 atom stereocenters. The van der Waals surface area contributed by atoms with Crippen LogP contribution in [0.4, 0.5) is 0 Å². The average molecular weight is 176 g/mol. The fourth-order valence-corrected chi connectivity index (χ4v) is 2.65. The van der Waals surface area contributed by atoms with Crippen molar-refractivity contribution in [1.29, 1.82) is 0 Å². The van der Waals surface area contributed by atoms with Crippen molar-refractivity contribution in [1.82, 2.24) is 0 Å². The van der Waals surface area contributed by atoms with Gasteiger partial charge in [0.2, 0.25) is 0 Å². The molecule has 0 heterocycles. The van der Waals surface area contributed by atoms with E-state index in [-0.39, 0.29) is 5.41 Å². The molecule has 0 aromatic rings. The van der Waals surface area contributed by atoms with E-state index in [1.807, 2.05) is 6.08 Å². The van der Waals surface area contributed by atoms with Crippen LogP contribution in [0.3, 0.4) is 0 Å². The standard InChI is InChI=1S/C12H16O/c1-3-11-7-5-10(6-8-11)9-12(11,13)4-2/h3-5,7,10,13H,1-2,6,8-9H2/t10-,11+,12+/m1/s1. The Hall–Kier alpha value is -0.820. The highest BCUT2D eigenvalue weighted by atomic mass is 16.3. The van der Waals surface area contributed by atoms with Crippen molar-refractivity contribution in [3.05, 3.63) is 37.5 Å². The zero-order chi connectivity index (χ0) is 9.53. The molecule has 2 bridgehead atoms. The minimum Gasteiger partial charge on any atom is -0.385 e. The summed E-state index contributed by atoms with van der Waals surface area (Å²) in [5, 5.41) is 10.4. The molecule has 1 heteroatoms. The lowest BCUT2D eigenvalue weighted by Gasteiger charge is -2.51. The molecule has 1 nitrogen and oxygen atoms in total.